The van der Waals surface area contributed by atoms with E-state index in [1.165, 1.54) is 9.13 Å². The van der Waals surface area contributed by atoms with Gasteiger partial charge in [-0.1, -0.05) is 13.8 Å². The molecule has 2 N–H and O–H groups in total. The van der Waals surface area contributed by atoms with E-state index >= 15 is 0 Å². The van der Waals surface area contributed by atoms with Crippen LogP contribution in [0.15, 0.2) is 27.8 Å². The van der Waals surface area contributed by atoms with Crippen LogP contribution < -0.4 is 30.8 Å². The van der Waals surface area contributed by atoms with E-state index < -0.39 is 17.2 Å². The van der Waals surface area contributed by atoms with Gasteiger partial charge in [-0.15, -0.1) is 0 Å². The lowest BCUT2D eigenvalue weighted by Crippen LogP contribution is -2.40. The van der Waals surface area contributed by atoms with E-state index in [9.17, 15) is 14.4 Å². The topological polar surface area (TPSA) is 129 Å². The van der Waals surface area contributed by atoms with Crippen molar-refractivity contribution in [3.63, 3.8) is 0 Å². The van der Waals surface area contributed by atoms with Crippen LogP contribution >= 0.6 is 0 Å². The number of aromatic amines is 1. The first-order chi connectivity index (χ1) is 15.0. The second kappa shape index (κ2) is 8.54. The number of imidazole rings is 1. The summed E-state index contributed by atoms with van der Waals surface area (Å²) < 4.78 is 18.6. The highest BCUT2D eigenvalue weighted by Crippen LogP contribution is 2.34. The van der Waals surface area contributed by atoms with Crippen molar-refractivity contribution in [3.05, 3.63) is 39.0 Å². The standard InChI is InChI=1S/C20H23N5O6/c1-3-7-24-17-16(18(27)25(8-4-2)20(24)28)22-19(23-17)29-10-15(26)21-12-5-6-13-14(9-12)31-11-30-13/h5-6,9H,3-4,7-8,10-11H2,1-2H3,(H,21,26)(H,22,23). The maximum Gasteiger partial charge on any atom is 0.332 e. The molecule has 1 aliphatic rings. The van der Waals surface area contributed by atoms with E-state index in [-0.39, 0.29) is 30.6 Å². The molecule has 164 valence electrons. The van der Waals surface area contributed by atoms with Gasteiger partial charge >= 0.3 is 5.69 Å². The predicted octanol–water partition coefficient (Wildman–Crippen LogP) is 1.45. The molecule has 31 heavy (non-hydrogen) atoms. The van der Waals surface area contributed by atoms with Gasteiger partial charge in [-0.3, -0.25) is 18.7 Å². The molecule has 11 heteroatoms. The molecular formula is C20H23N5O6. The lowest BCUT2D eigenvalue weighted by atomic mass is 10.3. The maximum absolute atomic E-state index is 12.7. The van der Waals surface area contributed by atoms with Crippen molar-refractivity contribution in [3.8, 4) is 17.5 Å². The second-order valence-corrected chi connectivity index (χ2v) is 7.04. The highest BCUT2D eigenvalue weighted by atomic mass is 16.7. The zero-order chi connectivity index (χ0) is 22.0. The number of fused-ring (bicyclic) bond motifs is 2. The smallest absolute Gasteiger partial charge is 0.332 e. The quantitative estimate of drug-likeness (QED) is 0.554. The van der Waals surface area contributed by atoms with Crippen LogP contribution in [0.5, 0.6) is 17.5 Å². The first kappa shape index (κ1) is 20.5. The molecule has 11 nitrogen and oxygen atoms in total. The molecule has 1 aliphatic heterocycles. The molecule has 0 bridgehead atoms. The molecule has 1 amide bonds. The summed E-state index contributed by atoms with van der Waals surface area (Å²) in [6, 6.07) is 5.03. The molecular weight excluding hydrogens is 406 g/mol. The zero-order valence-corrected chi connectivity index (χ0v) is 17.3. The molecule has 0 fully saturated rings. The van der Waals surface area contributed by atoms with Crippen molar-refractivity contribution in [2.45, 2.75) is 39.8 Å². The number of carbonyl (C=O) groups excluding carboxylic acids is 1. The Morgan fingerprint density at radius 1 is 1.16 bits per heavy atom. The van der Waals surface area contributed by atoms with Crippen molar-refractivity contribution in [1.82, 2.24) is 19.1 Å². The van der Waals surface area contributed by atoms with E-state index in [1.54, 1.807) is 18.2 Å². The van der Waals surface area contributed by atoms with Crippen LogP contribution in [-0.4, -0.2) is 38.4 Å². The van der Waals surface area contributed by atoms with Crippen molar-refractivity contribution < 1.29 is 19.0 Å². The summed E-state index contributed by atoms with van der Waals surface area (Å²) in [4.78, 5) is 44.7. The van der Waals surface area contributed by atoms with Crippen molar-refractivity contribution in [2.75, 3.05) is 18.7 Å². The summed E-state index contributed by atoms with van der Waals surface area (Å²) in [7, 11) is 0. The predicted molar refractivity (Wildman–Crippen MR) is 112 cm³/mol. The Bertz CT molecular complexity index is 1240. The van der Waals surface area contributed by atoms with E-state index in [0.29, 0.717) is 43.1 Å². The lowest BCUT2D eigenvalue weighted by Gasteiger charge is -2.09. The number of nitrogens with zero attached hydrogens (tertiary/aromatic N) is 3. The summed E-state index contributed by atoms with van der Waals surface area (Å²) in [5, 5.41) is 2.69. The van der Waals surface area contributed by atoms with Crippen LogP contribution in [0.3, 0.4) is 0 Å². The molecule has 0 atom stereocenters. The minimum absolute atomic E-state index is 0.00793. The van der Waals surface area contributed by atoms with Gasteiger partial charge in [0.05, 0.1) is 0 Å². The second-order valence-electron chi connectivity index (χ2n) is 7.04. The lowest BCUT2D eigenvalue weighted by molar-refractivity contribution is -0.118. The molecule has 4 rings (SSSR count). The van der Waals surface area contributed by atoms with Crippen LogP contribution in [-0.2, 0) is 17.9 Å². The number of hydrogen-bond acceptors (Lipinski definition) is 7. The summed E-state index contributed by atoms with van der Waals surface area (Å²) >= 11 is 0. The van der Waals surface area contributed by atoms with E-state index in [1.807, 2.05) is 13.8 Å². The normalized spacial score (nSPS) is 12.3. The molecule has 1 aromatic carbocycles. The Morgan fingerprint density at radius 2 is 1.90 bits per heavy atom. The Balaban J connectivity index is 1.52. The van der Waals surface area contributed by atoms with E-state index in [2.05, 4.69) is 15.3 Å². The minimum Gasteiger partial charge on any atom is -0.455 e. The number of rotatable bonds is 8. The zero-order valence-electron chi connectivity index (χ0n) is 17.3. The van der Waals surface area contributed by atoms with E-state index in [4.69, 9.17) is 14.2 Å². The number of nitrogens with one attached hydrogen (secondary N) is 2. The van der Waals surface area contributed by atoms with Gasteiger partial charge in [-0.25, -0.2) is 4.79 Å². The van der Waals surface area contributed by atoms with Crippen molar-refractivity contribution in [1.29, 1.82) is 0 Å². The van der Waals surface area contributed by atoms with Gasteiger partial charge in [0.2, 0.25) is 6.79 Å². The van der Waals surface area contributed by atoms with Crippen LogP contribution in [0, 0.1) is 0 Å². The summed E-state index contributed by atoms with van der Waals surface area (Å²) in [6.07, 6.45) is 1.34. The third-order valence-corrected chi connectivity index (χ3v) is 4.73. The number of H-pyrrole nitrogens is 1. The Hall–Kier alpha value is -3.76. The first-order valence-corrected chi connectivity index (χ1v) is 10.1. The molecule has 0 saturated carbocycles. The number of benzene rings is 1. The maximum atomic E-state index is 12.7. The van der Waals surface area contributed by atoms with Gasteiger partial charge < -0.3 is 24.5 Å². The van der Waals surface area contributed by atoms with Crippen LogP contribution in [0.2, 0.25) is 0 Å². The summed E-state index contributed by atoms with van der Waals surface area (Å²) in [5.74, 6) is 0.741. The SMILES string of the molecule is CCCn1c(=O)c2[nH]c(OCC(=O)Nc3ccc4c(c3)OCO4)nc2n(CCC)c1=O. The highest BCUT2D eigenvalue weighted by Gasteiger charge is 2.18. The fraction of sp³-hybridized carbons (Fsp3) is 0.400. The molecule has 0 saturated heterocycles. The molecule has 3 heterocycles. The van der Waals surface area contributed by atoms with Gasteiger partial charge in [0.25, 0.3) is 17.5 Å². The minimum atomic E-state index is -0.457. The first-order valence-electron chi connectivity index (χ1n) is 10.1. The van der Waals surface area contributed by atoms with Gasteiger partial charge in [0.15, 0.2) is 29.3 Å². The van der Waals surface area contributed by atoms with Gasteiger partial charge in [0.1, 0.15) is 0 Å². The average Bonchev–Trinajstić information content (AvgIpc) is 3.39. The van der Waals surface area contributed by atoms with Gasteiger partial charge in [-0.05, 0) is 25.0 Å². The van der Waals surface area contributed by atoms with E-state index in [0.717, 1.165) is 0 Å². The third-order valence-electron chi connectivity index (χ3n) is 4.73. The monoisotopic (exact) mass is 429 g/mol. The van der Waals surface area contributed by atoms with Gasteiger partial charge in [0, 0.05) is 24.8 Å². The number of aryl methyl sites for hydroxylation is 1. The van der Waals surface area contributed by atoms with Gasteiger partial charge in [-0.2, -0.15) is 4.98 Å². The van der Waals surface area contributed by atoms with Crippen LogP contribution in [0.4, 0.5) is 5.69 Å². The molecule has 0 spiro atoms. The van der Waals surface area contributed by atoms with Crippen molar-refractivity contribution in [2.24, 2.45) is 0 Å². The molecule has 2 aromatic heterocycles. The largest absolute Gasteiger partial charge is 0.455 e. The molecule has 0 aliphatic carbocycles. The fourth-order valence-electron chi connectivity index (χ4n) is 3.37. The number of carbonyl (C=O) groups is 1. The molecule has 0 radical (unpaired) electrons. The number of aromatic nitrogens is 4. The van der Waals surface area contributed by atoms with Crippen LogP contribution in [0.25, 0.3) is 11.2 Å². The van der Waals surface area contributed by atoms with Crippen LogP contribution in [0.1, 0.15) is 26.7 Å². The Labute approximate surface area is 176 Å². The Kier molecular flexibility index (Phi) is 5.65. The summed E-state index contributed by atoms with van der Waals surface area (Å²) in [5.41, 5.74) is 0.0610. The average molecular weight is 429 g/mol. The number of ether oxygens (including phenoxy) is 3. The summed E-state index contributed by atoms with van der Waals surface area (Å²) in [6.45, 7) is 4.34. The number of amides is 1. The third kappa shape index (κ3) is 3.98. The fourth-order valence-corrected chi connectivity index (χ4v) is 3.37. The number of anilines is 1. The number of hydrogen-bond donors (Lipinski definition) is 2. The molecule has 0 unspecified atom stereocenters. The van der Waals surface area contributed by atoms with Crippen molar-refractivity contribution >= 4 is 22.8 Å². The molecule has 3 aromatic rings. The Morgan fingerprint density at radius 3 is 2.68 bits per heavy atom. The highest BCUT2D eigenvalue weighted by molar-refractivity contribution is 5.92.